The van der Waals surface area contributed by atoms with Crippen molar-refractivity contribution in [1.29, 1.82) is 0 Å². The van der Waals surface area contributed by atoms with Crippen molar-refractivity contribution < 1.29 is 12.6 Å². The summed E-state index contributed by atoms with van der Waals surface area (Å²) >= 11 is 5.70. The monoisotopic (exact) mass is 320 g/mol. The smallest absolute Gasteiger partial charge is 0.265 e. The van der Waals surface area contributed by atoms with Crippen molar-refractivity contribution in [1.82, 2.24) is 9.55 Å². The van der Waals surface area contributed by atoms with Crippen molar-refractivity contribution in [2.75, 3.05) is 12.1 Å². The Balaban J connectivity index is 2.51. The summed E-state index contributed by atoms with van der Waals surface area (Å²) in [6.45, 7) is 2.26. The zero-order valence-electron chi connectivity index (χ0n) is 11.4. The zero-order chi connectivity index (χ0) is 14.9. The number of alkyl halides is 1. The molecule has 6 nitrogen and oxygen atoms in total. The molecule has 0 aromatic carbocycles. The molecule has 0 fully saturated rings. The summed E-state index contributed by atoms with van der Waals surface area (Å²) in [5.41, 5.74) is 1.03. The lowest BCUT2D eigenvalue weighted by Gasteiger charge is -2.26. The fourth-order valence-electron chi connectivity index (χ4n) is 2.43. The van der Waals surface area contributed by atoms with Gasteiger partial charge in [-0.05, 0) is 26.2 Å². The third-order valence-corrected chi connectivity index (χ3v) is 4.04. The highest BCUT2D eigenvalue weighted by molar-refractivity contribution is 7.86. The molecule has 0 radical (unpaired) electrons. The molecule has 0 saturated carbocycles. The fourth-order valence-corrected chi connectivity index (χ4v) is 3.22. The normalized spacial score (nSPS) is 18.9. The average molecular weight is 321 g/mol. The number of rotatable bonds is 4. The molecular formula is C12H17ClN2O4S. The zero-order valence-corrected chi connectivity index (χ0v) is 13.0. The molecule has 0 amide bonds. The highest BCUT2D eigenvalue weighted by Gasteiger charge is 2.28. The van der Waals surface area contributed by atoms with Crippen LogP contribution in [0.5, 0.6) is 0 Å². The van der Waals surface area contributed by atoms with Crippen LogP contribution in [0.15, 0.2) is 4.79 Å². The molecule has 1 aliphatic heterocycles. The largest absolute Gasteiger partial charge is 0.294 e. The summed E-state index contributed by atoms with van der Waals surface area (Å²) in [4.78, 5) is 16.8. The van der Waals surface area contributed by atoms with Crippen molar-refractivity contribution in [3.8, 4) is 0 Å². The molecule has 1 aromatic rings. The quantitative estimate of drug-likeness (QED) is 0.614. The molecule has 0 N–H and O–H groups in total. The molecule has 0 aliphatic carbocycles. The highest BCUT2D eigenvalue weighted by atomic mass is 35.5. The van der Waals surface area contributed by atoms with Crippen LogP contribution in [0.25, 0.3) is 0 Å². The lowest BCUT2D eigenvalue weighted by atomic mass is 10.1. The Morgan fingerprint density at radius 2 is 2.20 bits per heavy atom. The summed E-state index contributed by atoms with van der Waals surface area (Å²) in [5, 5.41) is 0. The van der Waals surface area contributed by atoms with Gasteiger partial charge in [-0.2, -0.15) is 8.42 Å². The van der Waals surface area contributed by atoms with Crippen molar-refractivity contribution in [2.24, 2.45) is 0 Å². The molecular weight excluding hydrogens is 304 g/mol. The fraction of sp³-hybridized carbons (Fsp3) is 0.667. The Kier molecular flexibility index (Phi) is 4.51. The SMILES string of the molecule is Cc1nc2n(c(=O)c1CCCl)CCCC2OS(C)(=O)=O. The molecule has 112 valence electrons. The maximum absolute atomic E-state index is 12.4. The molecule has 2 rings (SSSR count). The minimum absolute atomic E-state index is 0.144. The topological polar surface area (TPSA) is 78.3 Å². The third kappa shape index (κ3) is 3.21. The van der Waals surface area contributed by atoms with Gasteiger partial charge in [-0.3, -0.25) is 13.5 Å². The lowest BCUT2D eigenvalue weighted by Crippen LogP contribution is -2.35. The van der Waals surface area contributed by atoms with Gasteiger partial charge in [0.2, 0.25) is 0 Å². The van der Waals surface area contributed by atoms with Gasteiger partial charge in [-0.1, -0.05) is 0 Å². The van der Waals surface area contributed by atoms with Crippen molar-refractivity contribution >= 4 is 21.7 Å². The first-order valence-electron chi connectivity index (χ1n) is 6.38. The number of aryl methyl sites for hydroxylation is 1. The second-order valence-corrected chi connectivity index (χ2v) is 6.84. The van der Waals surface area contributed by atoms with E-state index in [-0.39, 0.29) is 5.56 Å². The molecule has 0 spiro atoms. The van der Waals surface area contributed by atoms with Gasteiger partial charge in [0, 0.05) is 23.7 Å². The highest BCUT2D eigenvalue weighted by Crippen LogP contribution is 2.27. The van der Waals surface area contributed by atoms with Crippen LogP contribution >= 0.6 is 11.6 Å². The Bertz CT molecular complexity index is 669. The number of hydrogen-bond acceptors (Lipinski definition) is 5. The Morgan fingerprint density at radius 1 is 1.50 bits per heavy atom. The van der Waals surface area contributed by atoms with E-state index in [1.54, 1.807) is 6.92 Å². The summed E-state index contributed by atoms with van der Waals surface area (Å²) in [5.74, 6) is 0.739. The minimum atomic E-state index is -3.59. The minimum Gasteiger partial charge on any atom is -0.294 e. The Morgan fingerprint density at radius 3 is 2.80 bits per heavy atom. The number of hydrogen-bond donors (Lipinski definition) is 0. The molecule has 1 aromatic heterocycles. The van der Waals surface area contributed by atoms with Crippen LogP contribution in [0, 0.1) is 6.92 Å². The van der Waals surface area contributed by atoms with E-state index < -0.39 is 16.2 Å². The van der Waals surface area contributed by atoms with Gasteiger partial charge in [0.25, 0.3) is 15.7 Å². The van der Waals surface area contributed by atoms with Gasteiger partial charge in [0.15, 0.2) is 0 Å². The number of nitrogens with zero attached hydrogens (tertiary/aromatic N) is 2. The van der Waals surface area contributed by atoms with E-state index in [0.29, 0.717) is 48.8 Å². The summed E-state index contributed by atoms with van der Waals surface area (Å²) < 4.78 is 29.1. The summed E-state index contributed by atoms with van der Waals surface area (Å²) in [7, 11) is -3.59. The number of fused-ring (bicyclic) bond motifs is 1. The predicted octanol–water partition coefficient (Wildman–Crippen LogP) is 1.14. The summed E-state index contributed by atoms with van der Waals surface area (Å²) in [6.07, 6.45) is 1.98. The van der Waals surface area contributed by atoms with Gasteiger partial charge < -0.3 is 0 Å². The maximum atomic E-state index is 12.4. The van der Waals surface area contributed by atoms with Gasteiger partial charge in [0.05, 0.1) is 6.26 Å². The van der Waals surface area contributed by atoms with Crippen LogP contribution in [0.1, 0.15) is 36.0 Å². The van der Waals surface area contributed by atoms with Crippen LogP contribution in [-0.2, 0) is 27.3 Å². The van der Waals surface area contributed by atoms with E-state index >= 15 is 0 Å². The molecule has 1 aliphatic rings. The second kappa shape index (κ2) is 5.83. The lowest BCUT2D eigenvalue weighted by molar-refractivity contribution is 0.164. The molecule has 20 heavy (non-hydrogen) atoms. The van der Waals surface area contributed by atoms with E-state index in [9.17, 15) is 13.2 Å². The first-order chi connectivity index (χ1) is 9.33. The average Bonchev–Trinajstić information content (AvgIpc) is 2.34. The van der Waals surface area contributed by atoms with Gasteiger partial charge in [-0.15, -0.1) is 11.6 Å². The van der Waals surface area contributed by atoms with E-state index in [1.165, 1.54) is 4.57 Å². The van der Waals surface area contributed by atoms with Crippen molar-refractivity contribution in [2.45, 2.75) is 38.8 Å². The van der Waals surface area contributed by atoms with E-state index in [4.69, 9.17) is 15.8 Å². The van der Waals surface area contributed by atoms with Gasteiger partial charge in [-0.25, -0.2) is 4.98 Å². The van der Waals surface area contributed by atoms with Gasteiger partial charge in [0.1, 0.15) is 11.9 Å². The Labute approximate surface area is 122 Å². The molecule has 8 heteroatoms. The molecule has 1 unspecified atom stereocenters. The van der Waals surface area contributed by atoms with E-state index in [1.807, 2.05) is 0 Å². The van der Waals surface area contributed by atoms with Crippen molar-refractivity contribution in [3.05, 3.63) is 27.4 Å². The first kappa shape index (κ1) is 15.5. The van der Waals surface area contributed by atoms with E-state index in [2.05, 4.69) is 4.98 Å². The van der Waals surface area contributed by atoms with Crippen LogP contribution in [0.3, 0.4) is 0 Å². The third-order valence-electron chi connectivity index (χ3n) is 3.27. The van der Waals surface area contributed by atoms with Crippen LogP contribution in [0.2, 0.25) is 0 Å². The maximum Gasteiger partial charge on any atom is 0.265 e. The van der Waals surface area contributed by atoms with E-state index in [0.717, 1.165) is 6.26 Å². The van der Waals surface area contributed by atoms with Crippen molar-refractivity contribution in [3.63, 3.8) is 0 Å². The number of halogens is 1. The molecule has 0 saturated heterocycles. The first-order valence-corrected chi connectivity index (χ1v) is 8.73. The van der Waals surface area contributed by atoms with Crippen LogP contribution in [-0.4, -0.2) is 30.1 Å². The predicted molar refractivity (Wildman–Crippen MR) is 75.6 cm³/mol. The van der Waals surface area contributed by atoms with Gasteiger partial charge >= 0.3 is 0 Å². The molecule has 0 bridgehead atoms. The van der Waals surface area contributed by atoms with Crippen LogP contribution in [0.4, 0.5) is 0 Å². The summed E-state index contributed by atoms with van der Waals surface area (Å²) in [6, 6.07) is 0. The number of aromatic nitrogens is 2. The molecule has 1 atom stereocenters. The Hall–Kier alpha value is -0.920. The van der Waals surface area contributed by atoms with Crippen LogP contribution < -0.4 is 5.56 Å². The molecule has 2 heterocycles. The second-order valence-electron chi connectivity index (χ2n) is 4.86. The standard InChI is InChI=1S/C12H17ClN2O4S/c1-8-9(5-6-13)12(16)15-7-3-4-10(11(15)14-8)19-20(2,17)18/h10H,3-7H2,1-2H3.